The number of alkyl halides is 2. The first-order valence-electron chi connectivity index (χ1n) is 10.4. The number of halogens is 2. The van der Waals surface area contributed by atoms with Gasteiger partial charge in [-0.25, -0.2) is 9.59 Å². The second-order valence-electron chi connectivity index (χ2n) is 8.69. The molecule has 6 atom stereocenters. The van der Waals surface area contributed by atoms with E-state index in [4.69, 9.17) is 18.8 Å². The molecule has 0 radical (unpaired) electrons. The number of amides is 1. The summed E-state index contributed by atoms with van der Waals surface area (Å²) in [6.07, 6.45) is -0.298. The van der Waals surface area contributed by atoms with E-state index >= 15 is 0 Å². The maximum Gasteiger partial charge on any atom is 0.402 e. The topological polar surface area (TPSA) is 163 Å². The van der Waals surface area contributed by atoms with Crippen molar-refractivity contribution in [1.82, 2.24) is 4.90 Å². The lowest BCUT2D eigenvalue weighted by Gasteiger charge is -2.35. The summed E-state index contributed by atoms with van der Waals surface area (Å²) in [7, 11) is -4.55. The van der Waals surface area contributed by atoms with Gasteiger partial charge in [0, 0.05) is 12.0 Å². The molecule has 2 aliphatic carbocycles. The largest absolute Gasteiger partial charge is 0.469 e. The molecule has 1 N–H and O–H groups in total. The number of hydrogen-bond donors (Lipinski definition) is 1. The van der Waals surface area contributed by atoms with Crippen molar-refractivity contribution in [2.45, 2.75) is 43.7 Å². The smallest absolute Gasteiger partial charge is 0.402 e. The first-order chi connectivity index (χ1) is 15.7. The van der Waals surface area contributed by atoms with Crippen molar-refractivity contribution in [2.24, 2.45) is 23.7 Å². The summed E-state index contributed by atoms with van der Waals surface area (Å²) in [5.74, 6) is -4.97. The van der Waals surface area contributed by atoms with Crippen LogP contribution in [0.15, 0.2) is 0 Å². The van der Waals surface area contributed by atoms with Gasteiger partial charge in [0.15, 0.2) is 6.61 Å². The fraction of sp³-hybridized carbons (Fsp3) is 0.789. The van der Waals surface area contributed by atoms with Crippen molar-refractivity contribution < 1.29 is 59.9 Å². The molecule has 0 spiro atoms. The molecule has 3 fully saturated rings. The molecule has 1 amide bonds. The number of likely N-dealkylation sites (tertiary alicyclic amines) is 1. The van der Waals surface area contributed by atoms with E-state index in [1.807, 2.05) is 13.8 Å². The lowest BCUT2D eigenvalue weighted by Crippen LogP contribution is -2.48. The van der Waals surface area contributed by atoms with E-state index in [9.17, 15) is 36.4 Å². The number of nitrogens with zero attached hydrogens (tertiary/aromatic N) is 1. The highest BCUT2D eigenvalue weighted by Crippen LogP contribution is 2.60. The fourth-order valence-electron chi connectivity index (χ4n) is 5.25. The predicted molar refractivity (Wildman–Crippen MR) is 105 cm³/mol. The van der Waals surface area contributed by atoms with E-state index in [2.05, 4.69) is 4.74 Å². The van der Waals surface area contributed by atoms with Crippen LogP contribution >= 0.6 is 0 Å². The molecule has 0 aromatic rings. The first kappa shape index (κ1) is 26.2. The molecule has 1 saturated heterocycles. The van der Waals surface area contributed by atoms with Gasteiger partial charge in [-0.3, -0.25) is 14.1 Å². The van der Waals surface area contributed by atoms with Crippen molar-refractivity contribution in [3.05, 3.63) is 0 Å². The molecule has 0 aromatic carbocycles. The second kappa shape index (κ2) is 9.34. The van der Waals surface area contributed by atoms with Crippen LogP contribution in [0.25, 0.3) is 0 Å². The van der Waals surface area contributed by atoms with E-state index in [1.165, 1.54) is 7.11 Å². The van der Waals surface area contributed by atoms with Gasteiger partial charge < -0.3 is 23.8 Å². The number of hydrogen-bond acceptors (Lipinski definition) is 10. The van der Waals surface area contributed by atoms with E-state index in [0.717, 1.165) is 0 Å². The summed E-state index contributed by atoms with van der Waals surface area (Å²) in [5.41, 5.74) is 0. The molecule has 6 unspecified atom stereocenters. The Kier molecular flexibility index (Phi) is 7.20. The lowest BCUT2D eigenvalue weighted by molar-refractivity contribution is -0.168. The molecule has 2 bridgehead atoms. The quantitative estimate of drug-likeness (QED) is 0.230. The molecule has 0 aromatic heterocycles. The van der Waals surface area contributed by atoms with Crippen molar-refractivity contribution in [3.63, 3.8) is 0 Å². The number of carbonyl (C=O) groups is 4. The van der Waals surface area contributed by atoms with E-state index in [0.29, 0.717) is 6.42 Å². The average Bonchev–Trinajstić information content (AvgIpc) is 3.33. The lowest BCUT2D eigenvalue weighted by atomic mass is 9.78. The van der Waals surface area contributed by atoms with Crippen LogP contribution in [-0.4, -0.2) is 92.1 Å². The molecule has 34 heavy (non-hydrogen) atoms. The Morgan fingerprint density at radius 1 is 1.18 bits per heavy atom. The third-order valence-corrected chi connectivity index (χ3v) is 7.30. The maximum absolute atomic E-state index is 13.1. The highest BCUT2D eigenvalue weighted by atomic mass is 32.2. The summed E-state index contributed by atoms with van der Waals surface area (Å²) in [5, 5.41) is -4.70. The van der Waals surface area contributed by atoms with Crippen LogP contribution in [0.4, 0.5) is 8.78 Å². The van der Waals surface area contributed by atoms with Gasteiger partial charge in [0.05, 0.1) is 25.0 Å². The van der Waals surface area contributed by atoms with Gasteiger partial charge in [-0.15, -0.1) is 0 Å². The van der Waals surface area contributed by atoms with Gasteiger partial charge in [-0.2, -0.15) is 17.2 Å². The minimum Gasteiger partial charge on any atom is -0.469 e. The number of rotatable bonds is 10. The standard InChI is InChI=1S/C19H25F2NO11S/c1-8(2)22-15-9-4-10(14(18(26)30-3)13(9)17(22)25)16(15)33-12(24)6-31-5-11(23)32-7-19(20,21)34(27,28)29/h8-10,13-16H,4-7H2,1-3H3,(H,27,28,29). The van der Waals surface area contributed by atoms with Crippen LogP contribution in [-0.2, 0) is 48.2 Å². The van der Waals surface area contributed by atoms with Gasteiger partial charge in [-0.1, -0.05) is 0 Å². The van der Waals surface area contributed by atoms with Gasteiger partial charge >= 0.3 is 33.3 Å². The Balaban J connectivity index is 1.57. The number of methoxy groups -OCH3 is 1. The van der Waals surface area contributed by atoms with Crippen molar-refractivity contribution in [3.8, 4) is 0 Å². The zero-order valence-electron chi connectivity index (χ0n) is 18.5. The summed E-state index contributed by atoms with van der Waals surface area (Å²) in [6.45, 7) is -0.0579. The Hall–Kier alpha value is -2.39. The number of esters is 3. The van der Waals surface area contributed by atoms with Crippen LogP contribution in [0.3, 0.4) is 0 Å². The van der Waals surface area contributed by atoms with Crippen molar-refractivity contribution >= 4 is 33.9 Å². The molecule has 192 valence electrons. The SMILES string of the molecule is COC(=O)C1C2CC3C1C(=O)N(C(C)C)C3C2OC(=O)COCC(=O)OCC(F)(F)S(=O)(=O)O. The van der Waals surface area contributed by atoms with Gasteiger partial charge in [0.2, 0.25) is 5.91 Å². The fourth-order valence-corrected chi connectivity index (χ4v) is 5.45. The number of carbonyl (C=O) groups excluding carboxylic acids is 4. The number of ether oxygens (including phenoxy) is 4. The third-order valence-electron chi connectivity index (χ3n) is 6.43. The Bertz CT molecular complexity index is 969. The van der Waals surface area contributed by atoms with Crippen LogP contribution in [0.1, 0.15) is 20.3 Å². The minimum atomic E-state index is -5.77. The molecule has 2 saturated carbocycles. The molecular formula is C19H25F2NO11S. The molecule has 1 heterocycles. The van der Waals surface area contributed by atoms with Crippen LogP contribution in [0, 0.1) is 23.7 Å². The first-order valence-corrected chi connectivity index (χ1v) is 11.8. The predicted octanol–water partition coefficient (Wildman–Crippen LogP) is -0.387. The zero-order valence-corrected chi connectivity index (χ0v) is 19.3. The zero-order chi connectivity index (χ0) is 25.6. The Morgan fingerprint density at radius 3 is 2.35 bits per heavy atom. The average molecular weight is 513 g/mol. The molecule has 15 heteroatoms. The normalized spacial score (nSPS) is 30.1. The summed E-state index contributed by atoms with van der Waals surface area (Å²) >= 11 is 0. The molecule has 3 aliphatic rings. The van der Waals surface area contributed by atoms with Gasteiger partial charge in [0.25, 0.3) is 0 Å². The van der Waals surface area contributed by atoms with Crippen LogP contribution < -0.4 is 0 Å². The second-order valence-corrected chi connectivity index (χ2v) is 10.2. The van der Waals surface area contributed by atoms with Crippen molar-refractivity contribution in [2.75, 3.05) is 26.9 Å². The summed E-state index contributed by atoms with van der Waals surface area (Å²) in [4.78, 5) is 50.7. The maximum atomic E-state index is 13.1. The molecule has 3 rings (SSSR count). The highest BCUT2D eigenvalue weighted by Gasteiger charge is 2.71. The minimum absolute atomic E-state index is 0.179. The van der Waals surface area contributed by atoms with Crippen LogP contribution in [0.5, 0.6) is 0 Å². The monoisotopic (exact) mass is 513 g/mol. The third kappa shape index (κ3) is 4.60. The molecule has 12 nitrogen and oxygen atoms in total. The Labute approximate surface area is 193 Å². The summed E-state index contributed by atoms with van der Waals surface area (Å²) in [6, 6.07) is -0.617. The van der Waals surface area contributed by atoms with E-state index in [-0.39, 0.29) is 17.9 Å². The van der Waals surface area contributed by atoms with Gasteiger partial charge in [0.1, 0.15) is 19.3 Å². The molecule has 1 aliphatic heterocycles. The summed E-state index contributed by atoms with van der Waals surface area (Å²) < 4.78 is 74.6. The highest BCUT2D eigenvalue weighted by molar-refractivity contribution is 7.86. The van der Waals surface area contributed by atoms with Gasteiger partial charge in [-0.05, 0) is 26.2 Å². The number of fused-ring (bicyclic) bond motifs is 1. The molecular weight excluding hydrogens is 488 g/mol. The van der Waals surface area contributed by atoms with Crippen LogP contribution in [0.2, 0.25) is 0 Å². The van der Waals surface area contributed by atoms with Crippen molar-refractivity contribution in [1.29, 1.82) is 0 Å². The van der Waals surface area contributed by atoms with E-state index < -0.39 is 83.0 Å². The Morgan fingerprint density at radius 2 is 1.79 bits per heavy atom. The van der Waals surface area contributed by atoms with E-state index in [1.54, 1.807) is 4.90 Å².